The van der Waals surface area contributed by atoms with Gasteiger partial charge >= 0.3 is 41.6 Å². The van der Waals surface area contributed by atoms with Crippen LogP contribution >= 0.6 is 23.3 Å². The van der Waals surface area contributed by atoms with E-state index in [2.05, 4.69) is 19.8 Å². The Kier molecular flexibility index (Phi) is 13.9. The second-order valence-electron chi connectivity index (χ2n) is 12.4. The number of anilines is 1. The number of allylic oxidation sites excluding steroid dienone is 2. The van der Waals surface area contributed by atoms with Gasteiger partial charge in [0, 0.05) is 42.5 Å². The first-order valence-electron chi connectivity index (χ1n) is 16.2. The van der Waals surface area contributed by atoms with Gasteiger partial charge in [0.15, 0.2) is 5.13 Å². The number of nitrogens with one attached hydrogen (secondary N) is 1. The van der Waals surface area contributed by atoms with Crippen LogP contribution in [0.4, 0.5) is 9.93 Å². The molecule has 1 aromatic rings. The summed E-state index contributed by atoms with van der Waals surface area (Å²) in [6, 6.07) is -1.45. The monoisotopic (exact) mass is 768 g/mol. The average molecular weight is 769 g/mol. The topological polar surface area (TPSA) is 250 Å². The van der Waals surface area contributed by atoms with E-state index < -0.39 is 52.7 Å². The predicted molar refractivity (Wildman–Crippen MR) is 180 cm³/mol. The molecule has 0 saturated carbocycles. The molecule has 4 aliphatic rings. The van der Waals surface area contributed by atoms with E-state index >= 15 is 0 Å². The summed E-state index contributed by atoms with van der Waals surface area (Å²) in [5, 5.41) is 26.2. The quantitative estimate of drug-likeness (QED) is 0.0357. The van der Waals surface area contributed by atoms with Crippen molar-refractivity contribution in [1.82, 2.24) is 29.4 Å². The van der Waals surface area contributed by atoms with Crippen molar-refractivity contribution in [2.75, 3.05) is 44.3 Å². The third kappa shape index (κ3) is 8.79. The number of likely N-dealkylation sites (tertiary alicyclic amines) is 2. The Morgan fingerprint density at radius 1 is 1.21 bits per heavy atom. The summed E-state index contributed by atoms with van der Waals surface area (Å²) in [6.45, 7) is 6.60. The van der Waals surface area contributed by atoms with Crippen molar-refractivity contribution in [3.05, 3.63) is 40.4 Å². The fraction of sp³-hybridized carbons (Fsp3) is 0.516. The number of esters is 1. The minimum Gasteiger partial charge on any atom is -0.543 e. The van der Waals surface area contributed by atoms with Gasteiger partial charge in [0.1, 0.15) is 18.0 Å². The minimum atomic E-state index is -1.62. The number of hydrogen-bond donors (Lipinski definition) is 3. The van der Waals surface area contributed by atoms with Crippen LogP contribution < -0.4 is 45.7 Å². The van der Waals surface area contributed by atoms with Crippen LogP contribution in [0.25, 0.3) is 0 Å². The van der Waals surface area contributed by atoms with E-state index in [9.17, 15) is 39.1 Å². The number of hydrogen-bond acceptors (Lipinski definition) is 16. The number of carboxylic acid groups (broad SMARTS) is 1. The number of nitrogens with zero attached hydrogens (tertiary/aromatic N) is 6. The van der Waals surface area contributed by atoms with Crippen LogP contribution in [-0.2, 0) is 33.4 Å². The number of rotatable bonds is 12. The molecule has 0 spiro atoms. The molecule has 0 radical (unpaired) electrons. The molecule has 3 saturated heterocycles. The molecular formula is C31H37N8NaO10S2. The SMILES string of the molecule is CC/C=C(\COC(=O)N1CC[C@@H](N2CC/C(=C\C3=C(C(=O)[O-])N4C(=O)[C@@H](NC(=O)/C(=N\O)c5nsc(N)n5)[C@H]4SC3)C2=O)C1)C(=O)OCC(C)C.[Na+]. The second kappa shape index (κ2) is 17.7. The molecule has 3 atom stereocenters. The molecule has 52 heavy (non-hydrogen) atoms. The molecule has 0 unspecified atom stereocenters. The van der Waals surface area contributed by atoms with Crippen LogP contribution in [0.15, 0.2) is 39.7 Å². The van der Waals surface area contributed by atoms with Gasteiger partial charge in [-0.25, -0.2) is 9.59 Å². The number of nitrogen functional groups attached to an aromatic ring is 1. The third-order valence-corrected chi connectivity index (χ3v) is 10.3. The molecule has 4 N–H and O–H groups in total. The van der Waals surface area contributed by atoms with Crippen molar-refractivity contribution >= 4 is 69.9 Å². The number of oxime groups is 1. The molecule has 0 aromatic carbocycles. The first-order chi connectivity index (χ1) is 24.3. The van der Waals surface area contributed by atoms with E-state index in [-0.39, 0.29) is 95.0 Å². The van der Waals surface area contributed by atoms with E-state index in [4.69, 9.17) is 15.2 Å². The van der Waals surface area contributed by atoms with Crippen molar-refractivity contribution in [1.29, 1.82) is 0 Å². The number of thioether (sulfide) groups is 1. The van der Waals surface area contributed by atoms with Crippen LogP contribution in [0.2, 0.25) is 0 Å². The largest absolute Gasteiger partial charge is 1.00 e. The first kappa shape index (κ1) is 40.8. The van der Waals surface area contributed by atoms with Gasteiger partial charge in [0.05, 0.1) is 29.9 Å². The Morgan fingerprint density at radius 3 is 2.60 bits per heavy atom. The van der Waals surface area contributed by atoms with E-state index in [1.54, 1.807) is 11.0 Å². The predicted octanol–water partition coefficient (Wildman–Crippen LogP) is -3.39. The van der Waals surface area contributed by atoms with E-state index in [0.717, 1.165) is 16.4 Å². The molecule has 21 heteroatoms. The Hall–Kier alpha value is -3.98. The number of β-lactam (4-membered cyclic amide) rings is 1. The second-order valence-corrected chi connectivity index (χ2v) is 14.3. The maximum Gasteiger partial charge on any atom is 1.00 e. The fourth-order valence-electron chi connectivity index (χ4n) is 5.98. The maximum atomic E-state index is 13.5. The summed E-state index contributed by atoms with van der Waals surface area (Å²) in [6.07, 6.45) is 3.87. The molecule has 3 fully saturated rings. The summed E-state index contributed by atoms with van der Waals surface area (Å²) < 4.78 is 14.5. The maximum absolute atomic E-state index is 13.5. The summed E-state index contributed by atoms with van der Waals surface area (Å²) in [7, 11) is 0. The zero-order valence-corrected chi connectivity index (χ0v) is 32.7. The van der Waals surface area contributed by atoms with Gasteiger partial charge in [-0.1, -0.05) is 32.0 Å². The van der Waals surface area contributed by atoms with E-state index in [1.165, 1.54) is 22.7 Å². The van der Waals surface area contributed by atoms with Crippen LogP contribution in [0, 0.1) is 5.92 Å². The van der Waals surface area contributed by atoms with Crippen LogP contribution in [0.3, 0.4) is 0 Å². The number of ether oxygens (including phenoxy) is 2. The van der Waals surface area contributed by atoms with Gasteiger partial charge in [-0.15, -0.1) is 11.8 Å². The summed E-state index contributed by atoms with van der Waals surface area (Å²) in [5.74, 6) is -4.17. The summed E-state index contributed by atoms with van der Waals surface area (Å²) in [5.41, 5.74) is 5.36. The average Bonchev–Trinajstić information content (AvgIpc) is 3.84. The van der Waals surface area contributed by atoms with Gasteiger partial charge in [0.2, 0.25) is 17.4 Å². The molecule has 18 nitrogen and oxygen atoms in total. The molecule has 5 rings (SSSR count). The van der Waals surface area contributed by atoms with Gasteiger partial charge in [-0.2, -0.15) is 9.36 Å². The number of aliphatic carboxylic acids is 1. The first-order valence-corrected chi connectivity index (χ1v) is 18.0. The van der Waals surface area contributed by atoms with Crippen molar-refractivity contribution in [3.8, 4) is 0 Å². The zero-order chi connectivity index (χ0) is 37.0. The van der Waals surface area contributed by atoms with Gasteiger partial charge in [-0.3, -0.25) is 19.3 Å². The van der Waals surface area contributed by atoms with Crippen molar-refractivity contribution < 1.29 is 78.1 Å². The summed E-state index contributed by atoms with van der Waals surface area (Å²) >= 11 is 1.95. The van der Waals surface area contributed by atoms with Crippen molar-refractivity contribution in [2.45, 2.75) is 57.5 Å². The van der Waals surface area contributed by atoms with Crippen LogP contribution in [0.5, 0.6) is 0 Å². The number of fused-ring (bicyclic) bond motifs is 1. The molecule has 5 heterocycles. The third-order valence-electron chi connectivity index (χ3n) is 8.43. The number of amides is 4. The van der Waals surface area contributed by atoms with Crippen molar-refractivity contribution in [3.63, 3.8) is 0 Å². The number of aromatic nitrogens is 2. The molecular weight excluding hydrogens is 732 g/mol. The zero-order valence-electron chi connectivity index (χ0n) is 29.0. The van der Waals surface area contributed by atoms with Gasteiger partial charge in [-0.05, 0) is 36.8 Å². The summed E-state index contributed by atoms with van der Waals surface area (Å²) in [4.78, 5) is 84.8. The molecule has 0 aliphatic carbocycles. The van der Waals surface area contributed by atoms with Crippen molar-refractivity contribution in [2.24, 2.45) is 11.1 Å². The van der Waals surface area contributed by atoms with Crippen LogP contribution in [-0.4, -0.2) is 127 Å². The van der Waals surface area contributed by atoms with Gasteiger partial charge < -0.3 is 45.4 Å². The Labute approximate surface area is 328 Å². The number of carboxylic acids is 1. The minimum absolute atomic E-state index is 0. The number of nitrogens with two attached hydrogens (primary N) is 1. The Bertz CT molecular complexity index is 1740. The molecule has 4 aliphatic heterocycles. The van der Waals surface area contributed by atoms with E-state index in [0.29, 0.717) is 37.9 Å². The molecule has 274 valence electrons. The Balaban J connectivity index is 0.00000605. The van der Waals surface area contributed by atoms with Crippen LogP contribution in [0.1, 0.15) is 45.9 Å². The molecule has 1 aromatic heterocycles. The van der Waals surface area contributed by atoms with Gasteiger partial charge in [0.25, 0.3) is 11.8 Å². The normalized spacial score (nSPS) is 22.7. The number of carbonyl (C=O) groups is 6. The molecule has 0 bridgehead atoms. The van der Waals surface area contributed by atoms with E-state index in [1.807, 2.05) is 20.8 Å². The fourth-order valence-corrected chi connectivity index (χ4v) is 7.72. The smallest absolute Gasteiger partial charge is 0.543 e. The molecule has 4 amide bonds. The standard InChI is InChI=1S/C31H38N8O10S2.Na/c1-4-5-17(29(45)48-12-15(2)3)13-49-31(46)37-8-7-19(11-37)38-9-6-16(25(38)41)10-18-14-50-27-21(26(42)39(27)22(18)28(43)44)33-24(40)20(35-47)23-34-30(32)51-36-23;/h5,10,15,19,21,27,47H,4,6-9,11-14H2,1-3H3,(H,33,40)(H,43,44)(H2,32,34,36);/q;+1/p-1/b16-10+,17-5+,35-20-;/t19-,21-,27-;/m1./s1. The number of carbonyl (C=O) groups excluding carboxylic acids is 6. The Morgan fingerprint density at radius 2 is 1.96 bits per heavy atom.